The second-order valence-electron chi connectivity index (χ2n) is 5.38. The third kappa shape index (κ3) is 5.06. The number of esters is 1. The number of benzene rings is 1. The van der Waals surface area contributed by atoms with E-state index in [4.69, 9.17) is 4.74 Å². The zero-order valence-corrected chi connectivity index (χ0v) is 12.6. The zero-order chi connectivity index (χ0) is 14.3. The Balaban J connectivity index is 2.45. The molecule has 1 rings (SSSR count). The van der Waals surface area contributed by atoms with Gasteiger partial charge < -0.3 is 4.74 Å². The smallest absolute Gasteiger partial charge is 0.338 e. The highest BCUT2D eigenvalue weighted by molar-refractivity contribution is 5.89. The van der Waals surface area contributed by atoms with Gasteiger partial charge in [-0.1, -0.05) is 52.7 Å². The van der Waals surface area contributed by atoms with Crippen LogP contribution in [0.2, 0.25) is 0 Å². The first kappa shape index (κ1) is 15.7. The van der Waals surface area contributed by atoms with Gasteiger partial charge in [0.1, 0.15) is 0 Å². The number of hydrogen-bond acceptors (Lipinski definition) is 2. The lowest BCUT2D eigenvalue weighted by Gasteiger charge is -2.12. The summed E-state index contributed by atoms with van der Waals surface area (Å²) >= 11 is 0. The zero-order valence-electron chi connectivity index (χ0n) is 12.6. The summed E-state index contributed by atoms with van der Waals surface area (Å²) in [6.45, 7) is 9.17. The van der Waals surface area contributed by atoms with Crippen LogP contribution in [0.1, 0.15) is 68.8 Å². The van der Waals surface area contributed by atoms with Crippen molar-refractivity contribution < 1.29 is 9.53 Å². The Hall–Kier alpha value is -1.31. The molecule has 0 bridgehead atoms. The summed E-state index contributed by atoms with van der Waals surface area (Å²) in [4.78, 5) is 11.9. The monoisotopic (exact) mass is 262 g/mol. The van der Waals surface area contributed by atoms with Crippen LogP contribution >= 0.6 is 0 Å². The fraction of sp³-hybridized carbons (Fsp3) is 0.588. The number of ether oxygens (including phenoxy) is 1. The van der Waals surface area contributed by atoms with Gasteiger partial charge in [0.05, 0.1) is 12.2 Å². The standard InChI is InChI=1S/C17H26O2/c1-5-14(6-2)11-12-19-17(18)16-9-7-15(8-10-16)13(3)4/h7-10,13-14H,5-6,11-12H2,1-4H3. The van der Waals surface area contributed by atoms with E-state index < -0.39 is 0 Å². The van der Waals surface area contributed by atoms with Crippen molar-refractivity contribution in [3.05, 3.63) is 35.4 Å². The van der Waals surface area contributed by atoms with Crippen LogP contribution in [0.25, 0.3) is 0 Å². The van der Waals surface area contributed by atoms with Gasteiger partial charge >= 0.3 is 5.97 Å². The molecule has 0 saturated carbocycles. The molecule has 1 aromatic carbocycles. The first-order valence-electron chi connectivity index (χ1n) is 7.35. The van der Waals surface area contributed by atoms with Crippen LogP contribution in [-0.2, 0) is 4.74 Å². The number of carbonyl (C=O) groups is 1. The maximum Gasteiger partial charge on any atom is 0.338 e. The Morgan fingerprint density at radius 1 is 1.11 bits per heavy atom. The third-order valence-electron chi connectivity index (χ3n) is 3.73. The molecule has 0 aliphatic heterocycles. The van der Waals surface area contributed by atoms with Gasteiger partial charge in [0.2, 0.25) is 0 Å². The summed E-state index contributed by atoms with van der Waals surface area (Å²) < 4.78 is 5.32. The molecule has 0 aromatic heterocycles. The molecule has 1 aromatic rings. The second-order valence-corrected chi connectivity index (χ2v) is 5.38. The average molecular weight is 262 g/mol. The van der Waals surface area contributed by atoms with Gasteiger partial charge in [-0.25, -0.2) is 4.79 Å². The Labute approximate surface area is 117 Å². The van der Waals surface area contributed by atoms with Gasteiger partial charge in [-0.05, 0) is 36.0 Å². The first-order chi connectivity index (χ1) is 9.08. The highest BCUT2D eigenvalue weighted by Gasteiger charge is 2.09. The van der Waals surface area contributed by atoms with E-state index in [1.54, 1.807) is 0 Å². The van der Waals surface area contributed by atoms with Crippen molar-refractivity contribution in [2.75, 3.05) is 6.61 Å². The van der Waals surface area contributed by atoms with Gasteiger partial charge in [-0.15, -0.1) is 0 Å². The summed E-state index contributed by atoms with van der Waals surface area (Å²) in [6.07, 6.45) is 3.26. The summed E-state index contributed by atoms with van der Waals surface area (Å²) in [5, 5.41) is 0. The summed E-state index contributed by atoms with van der Waals surface area (Å²) in [7, 11) is 0. The Bertz CT molecular complexity index is 375. The summed E-state index contributed by atoms with van der Waals surface area (Å²) in [5.41, 5.74) is 1.89. The Kier molecular flexibility index (Phi) is 6.61. The average Bonchev–Trinajstić information content (AvgIpc) is 2.43. The number of carbonyl (C=O) groups excluding carboxylic acids is 1. The second kappa shape index (κ2) is 7.98. The fourth-order valence-corrected chi connectivity index (χ4v) is 2.10. The van der Waals surface area contributed by atoms with Crippen molar-refractivity contribution in [3.8, 4) is 0 Å². The van der Waals surface area contributed by atoms with E-state index in [0.717, 1.165) is 19.3 Å². The van der Waals surface area contributed by atoms with Crippen LogP contribution < -0.4 is 0 Å². The molecule has 0 saturated heterocycles. The van der Waals surface area contributed by atoms with Crippen LogP contribution in [-0.4, -0.2) is 12.6 Å². The van der Waals surface area contributed by atoms with E-state index in [2.05, 4.69) is 27.7 Å². The quantitative estimate of drug-likeness (QED) is 0.660. The lowest BCUT2D eigenvalue weighted by Crippen LogP contribution is -2.09. The van der Waals surface area contributed by atoms with Crippen LogP contribution in [0.5, 0.6) is 0 Å². The molecule has 0 aliphatic rings. The van der Waals surface area contributed by atoms with Crippen LogP contribution in [0.15, 0.2) is 24.3 Å². The highest BCUT2D eigenvalue weighted by Crippen LogP contribution is 2.16. The van der Waals surface area contributed by atoms with E-state index in [-0.39, 0.29) is 5.97 Å². The predicted octanol–water partition coefficient (Wildman–Crippen LogP) is 4.79. The molecule has 0 fully saturated rings. The molecule has 106 valence electrons. The molecule has 0 N–H and O–H groups in total. The van der Waals surface area contributed by atoms with E-state index >= 15 is 0 Å². The van der Waals surface area contributed by atoms with E-state index in [1.807, 2.05) is 24.3 Å². The maximum absolute atomic E-state index is 11.9. The SMILES string of the molecule is CCC(CC)CCOC(=O)c1ccc(C(C)C)cc1. The van der Waals surface area contributed by atoms with Crippen molar-refractivity contribution in [2.45, 2.75) is 52.9 Å². The van der Waals surface area contributed by atoms with Crippen molar-refractivity contribution in [1.82, 2.24) is 0 Å². The highest BCUT2D eigenvalue weighted by atomic mass is 16.5. The van der Waals surface area contributed by atoms with E-state index in [0.29, 0.717) is 24.0 Å². The molecule has 19 heavy (non-hydrogen) atoms. The van der Waals surface area contributed by atoms with Gasteiger partial charge in [0.25, 0.3) is 0 Å². The fourth-order valence-electron chi connectivity index (χ4n) is 2.10. The number of hydrogen-bond donors (Lipinski definition) is 0. The molecule has 2 heteroatoms. The molecule has 0 aliphatic carbocycles. The lowest BCUT2D eigenvalue weighted by molar-refractivity contribution is 0.0481. The minimum Gasteiger partial charge on any atom is -0.462 e. The van der Waals surface area contributed by atoms with Gasteiger partial charge in [0, 0.05) is 0 Å². The van der Waals surface area contributed by atoms with Gasteiger partial charge in [-0.3, -0.25) is 0 Å². The van der Waals surface area contributed by atoms with Crippen LogP contribution in [0, 0.1) is 5.92 Å². The molecule has 0 unspecified atom stereocenters. The van der Waals surface area contributed by atoms with Crippen LogP contribution in [0.3, 0.4) is 0 Å². The van der Waals surface area contributed by atoms with Crippen molar-refractivity contribution in [1.29, 1.82) is 0 Å². The van der Waals surface area contributed by atoms with Crippen LogP contribution in [0.4, 0.5) is 0 Å². The number of rotatable bonds is 7. The summed E-state index contributed by atoms with van der Waals surface area (Å²) in [6, 6.07) is 7.72. The van der Waals surface area contributed by atoms with Gasteiger partial charge in [-0.2, -0.15) is 0 Å². The molecule has 0 amide bonds. The minimum absolute atomic E-state index is 0.207. The Morgan fingerprint density at radius 3 is 2.16 bits per heavy atom. The third-order valence-corrected chi connectivity index (χ3v) is 3.73. The normalized spacial score (nSPS) is 11.1. The van der Waals surface area contributed by atoms with Crippen molar-refractivity contribution in [3.63, 3.8) is 0 Å². The molecule has 0 radical (unpaired) electrons. The molecule has 0 spiro atoms. The van der Waals surface area contributed by atoms with E-state index in [9.17, 15) is 4.79 Å². The first-order valence-corrected chi connectivity index (χ1v) is 7.35. The molecular weight excluding hydrogens is 236 g/mol. The minimum atomic E-state index is -0.207. The molecule has 0 atom stereocenters. The molecule has 2 nitrogen and oxygen atoms in total. The lowest BCUT2D eigenvalue weighted by atomic mass is 10.0. The van der Waals surface area contributed by atoms with Gasteiger partial charge in [0.15, 0.2) is 0 Å². The maximum atomic E-state index is 11.9. The predicted molar refractivity (Wildman–Crippen MR) is 79.5 cm³/mol. The molecule has 0 heterocycles. The molecular formula is C17H26O2. The Morgan fingerprint density at radius 2 is 1.68 bits per heavy atom. The van der Waals surface area contributed by atoms with Crippen molar-refractivity contribution >= 4 is 5.97 Å². The van der Waals surface area contributed by atoms with Crippen molar-refractivity contribution in [2.24, 2.45) is 5.92 Å². The summed E-state index contributed by atoms with van der Waals surface area (Å²) in [5.74, 6) is 0.942. The topological polar surface area (TPSA) is 26.3 Å². The largest absolute Gasteiger partial charge is 0.462 e. The van der Waals surface area contributed by atoms with E-state index in [1.165, 1.54) is 5.56 Å².